The van der Waals surface area contributed by atoms with Crippen molar-refractivity contribution in [1.29, 1.82) is 0 Å². The highest BCUT2D eigenvalue weighted by atomic mass is 16.5. The Hall–Kier alpha value is -1.40. The van der Waals surface area contributed by atoms with Crippen LogP contribution in [0.4, 0.5) is 0 Å². The Labute approximate surface area is 323 Å². The highest BCUT2D eigenvalue weighted by Gasteiger charge is 2.24. The number of hydrogen-bond donors (Lipinski definition) is 3. The molecule has 0 aromatic rings. The Kier molecular flexibility index (Phi) is 39.7. The van der Waals surface area contributed by atoms with E-state index in [1.807, 2.05) is 0 Å². The summed E-state index contributed by atoms with van der Waals surface area (Å²) in [5.74, 6) is -0.478. The number of aliphatic hydroxyl groups excluding tert-OH is 2. The van der Waals surface area contributed by atoms with Crippen LogP contribution in [0.25, 0.3) is 0 Å². The topological polar surface area (TPSA) is 95.9 Å². The zero-order valence-corrected chi connectivity index (χ0v) is 35.0. The molecule has 0 fully saturated rings. The number of unbranched alkanes of at least 4 members (excludes halogenated alkanes) is 27. The second-order valence-electron chi connectivity index (χ2n) is 15.8. The molecule has 0 saturated carbocycles. The molecule has 0 bridgehead atoms. The molecule has 308 valence electrons. The van der Waals surface area contributed by atoms with Crippen LogP contribution < -0.4 is 5.32 Å². The Morgan fingerprint density at radius 3 is 1.44 bits per heavy atom. The molecule has 0 rings (SSSR count). The van der Waals surface area contributed by atoms with Gasteiger partial charge in [-0.25, -0.2) is 0 Å². The summed E-state index contributed by atoms with van der Waals surface area (Å²) >= 11 is 0. The predicted molar refractivity (Wildman–Crippen MR) is 223 cm³/mol. The maximum absolute atomic E-state index is 13.1. The molecule has 0 saturated heterocycles. The van der Waals surface area contributed by atoms with Crippen LogP contribution in [0.3, 0.4) is 0 Å². The van der Waals surface area contributed by atoms with E-state index in [4.69, 9.17) is 4.74 Å². The van der Waals surface area contributed by atoms with Gasteiger partial charge < -0.3 is 20.3 Å². The maximum Gasteiger partial charge on any atom is 0.306 e. The van der Waals surface area contributed by atoms with E-state index >= 15 is 0 Å². The molecular formula is C46H89NO5. The first-order valence-corrected chi connectivity index (χ1v) is 22.9. The first kappa shape index (κ1) is 50.6. The molecule has 0 radical (unpaired) electrons. The fourth-order valence-electron chi connectivity index (χ4n) is 7.08. The number of carbonyl (C=O) groups excluding carboxylic acids is 2. The summed E-state index contributed by atoms with van der Waals surface area (Å²) in [6.45, 7) is 6.41. The van der Waals surface area contributed by atoms with Crippen LogP contribution in [0.2, 0.25) is 0 Å². The average Bonchev–Trinajstić information content (AvgIpc) is 3.13. The van der Waals surface area contributed by atoms with Crippen molar-refractivity contribution in [3.63, 3.8) is 0 Å². The summed E-state index contributed by atoms with van der Waals surface area (Å²) in [6.07, 6.45) is 42.7. The Bertz CT molecular complexity index is 787. The minimum atomic E-state index is -0.781. The van der Waals surface area contributed by atoms with Gasteiger partial charge in [0.25, 0.3) is 0 Å². The van der Waals surface area contributed by atoms with Crippen molar-refractivity contribution in [2.75, 3.05) is 6.61 Å². The highest BCUT2D eigenvalue weighted by molar-refractivity contribution is 5.77. The van der Waals surface area contributed by atoms with Crippen LogP contribution in [0.1, 0.15) is 245 Å². The first-order valence-electron chi connectivity index (χ1n) is 22.9. The van der Waals surface area contributed by atoms with E-state index < -0.39 is 18.2 Å². The van der Waals surface area contributed by atoms with Gasteiger partial charge >= 0.3 is 5.97 Å². The van der Waals surface area contributed by atoms with Crippen molar-refractivity contribution in [2.45, 2.75) is 264 Å². The largest absolute Gasteiger partial charge is 0.462 e. The number of esters is 1. The molecule has 0 heterocycles. The van der Waals surface area contributed by atoms with Crippen molar-refractivity contribution in [2.24, 2.45) is 0 Å². The number of aliphatic hydroxyl groups is 2. The zero-order valence-electron chi connectivity index (χ0n) is 35.0. The number of rotatable bonds is 41. The van der Waals surface area contributed by atoms with Crippen LogP contribution >= 0.6 is 0 Å². The van der Waals surface area contributed by atoms with E-state index in [1.165, 1.54) is 141 Å². The van der Waals surface area contributed by atoms with E-state index in [0.29, 0.717) is 19.3 Å². The molecule has 0 aliphatic carbocycles. The van der Waals surface area contributed by atoms with Gasteiger partial charge in [-0.3, -0.25) is 9.59 Å². The summed E-state index contributed by atoms with van der Waals surface area (Å²) < 4.78 is 5.87. The summed E-state index contributed by atoms with van der Waals surface area (Å²) in [6, 6.07) is -0.694. The van der Waals surface area contributed by atoms with Crippen molar-refractivity contribution < 1.29 is 24.5 Å². The lowest BCUT2D eigenvalue weighted by Gasteiger charge is -2.24. The number of allylic oxidation sites excluding steroid dienone is 2. The summed E-state index contributed by atoms with van der Waals surface area (Å²) in [5.41, 5.74) is 0. The zero-order chi connectivity index (χ0) is 38.2. The van der Waals surface area contributed by atoms with Crippen LogP contribution in [0.5, 0.6) is 0 Å². The highest BCUT2D eigenvalue weighted by Crippen LogP contribution is 2.18. The molecule has 0 aromatic heterocycles. The Balaban J connectivity index is 4.47. The second kappa shape index (κ2) is 40.8. The van der Waals surface area contributed by atoms with E-state index in [1.54, 1.807) is 0 Å². The van der Waals surface area contributed by atoms with Crippen molar-refractivity contribution >= 4 is 11.9 Å². The standard InChI is InChI=1S/C46H89NO5/c1-4-7-10-13-16-19-21-22-23-24-26-29-32-35-38-44(49)43(41-48)47-45(50)40-42(37-34-31-28-25-18-15-12-9-6-3)52-46(51)39-36-33-30-27-20-17-14-11-8-5-2/h11,14,42-44,48-49H,4-10,12-13,15-41H2,1-3H3,(H,47,50)/b14-11-. The molecule has 52 heavy (non-hydrogen) atoms. The van der Waals surface area contributed by atoms with Crippen molar-refractivity contribution in [3.05, 3.63) is 12.2 Å². The van der Waals surface area contributed by atoms with Gasteiger partial charge in [0.2, 0.25) is 5.91 Å². The molecule has 6 heteroatoms. The Morgan fingerprint density at radius 1 is 0.538 bits per heavy atom. The van der Waals surface area contributed by atoms with Gasteiger partial charge in [-0.15, -0.1) is 0 Å². The quantitative estimate of drug-likeness (QED) is 0.0330. The monoisotopic (exact) mass is 736 g/mol. The average molecular weight is 736 g/mol. The molecule has 0 aliphatic heterocycles. The van der Waals surface area contributed by atoms with E-state index in [0.717, 1.165) is 57.8 Å². The number of ether oxygens (including phenoxy) is 1. The molecule has 1 amide bonds. The third-order valence-corrected chi connectivity index (χ3v) is 10.6. The van der Waals surface area contributed by atoms with Crippen molar-refractivity contribution in [3.8, 4) is 0 Å². The first-order chi connectivity index (χ1) is 25.5. The number of carbonyl (C=O) groups is 2. The van der Waals surface area contributed by atoms with Gasteiger partial charge in [0.1, 0.15) is 6.10 Å². The minimum Gasteiger partial charge on any atom is -0.462 e. The molecule has 0 spiro atoms. The molecule has 6 nitrogen and oxygen atoms in total. The lowest BCUT2D eigenvalue weighted by atomic mass is 10.0. The SMILES string of the molecule is CCC/C=C\CCCCCCCC(=O)OC(CCCCCCCCCCC)CC(=O)NC(CO)C(O)CCCCCCCCCCCCCCCC. The maximum atomic E-state index is 13.1. The van der Waals surface area contributed by atoms with Gasteiger partial charge in [-0.1, -0.05) is 200 Å². The Morgan fingerprint density at radius 2 is 0.962 bits per heavy atom. The molecule has 3 atom stereocenters. The minimum absolute atomic E-state index is 0.0797. The van der Waals surface area contributed by atoms with E-state index in [2.05, 4.69) is 38.2 Å². The normalized spacial score (nSPS) is 13.4. The number of nitrogens with one attached hydrogen (secondary N) is 1. The molecule has 0 aliphatic rings. The smallest absolute Gasteiger partial charge is 0.306 e. The molecule has 0 aromatic carbocycles. The van der Waals surface area contributed by atoms with Crippen molar-refractivity contribution in [1.82, 2.24) is 5.32 Å². The number of hydrogen-bond acceptors (Lipinski definition) is 5. The molecular weight excluding hydrogens is 647 g/mol. The molecule has 3 unspecified atom stereocenters. The van der Waals surface area contributed by atoms with Gasteiger partial charge in [0.15, 0.2) is 0 Å². The van der Waals surface area contributed by atoms with Gasteiger partial charge in [0, 0.05) is 6.42 Å². The lowest BCUT2D eigenvalue weighted by molar-refractivity contribution is -0.151. The van der Waals surface area contributed by atoms with Gasteiger partial charge in [0.05, 0.1) is 25.2 Å². The van der Waals surface area contributed by atoms with Crippen LogP contribution in [-0.2, 0) is 14.3 Å². The fourth-order valence-corrected chi connectivity index (χ4v) is 7.08. The lowest BCUT2D eigenvalue weighted by Crippen LogP contribution is -2.46. The van der Waals surface area contributed by atoms with Crippen LogP contribution in [0, 0.1) is 0 Å². The van der Waals surface area contributed by atoms with Gasteiger partial charge in [-0.05, 0) is 44.9 Å². The van der Waals surface area contributed by atoms with Gasteiger partial charge in [-0.2, -0.15) is 0 Å². The van der Waals surface area contributed by atoms with Crippen LogP contribution in [-0.4, -0.2) is 46.9 Å². The van der Waals surface area contributed by atoms with Crippen LogP contribution in [0.15, 0.2) is 12.2 Å². The summed E-state index contributed by atoms with van der Waals surface area (Å²) in [7, 11) is 0. The summed E-state index contributed by atoms with van der Waals surface area (Å²) in [4.78, 5) is 25.9. The summed E-state index contributed by atoms with van der Waals surface area (Å²) in [5, 5.41) is 23.6. The third-order valence-electron chi connectivity index (χ3n) is 10.6. The van der Waals surface area contributed by atoms with E-state index in [9.17, 15) is 19.8 Å². The number of amides is 1. The molecule has 3 N–H and O–H groups in total. The van der Waals surface area contributed by atoms with E-state index in [-0.39, 0.29) is 24.9 Å². The second-order valence-corrected chi connectivity index (χ2v) is 15.8. The fraction of sp³-hybridized carbons (Fsp3) is 0.913. The predicted octanol–water partition coefficient (Wildman–Crippen LogP) is 13.0. The third kappa shape index (κ3) is 35.6.